The minimum atomic E-state index is 0.327. The Labute approximate surface area is 92.4 Å². The molecule has 2 aliphatic rings. The van der Waals surface area contributed by atoms with E-state index in [0.717, 1.165) is 25.7 Å². The van der Waals surface area contributed by atoms with Crippen molar-refractivity contribution >= 4 is 5.78 Å². The molecule has 0 amide bonds. The number of unbranched alkanes of at least 4 members (excludes halogenated alkanes) is 2. The molecule has 15 heavy (non-hydrogen) atoms. The Morgan fingerprint density at radius 3 is 2.47 bits per heavy atom. The lowest BCUT2D eigenvalue weighted by molar-refractivity contribution is -0.128. The molecule has 0 N–H and O–H groups in total. The molecule has 0 spiro atoms. The van der Waals surface area contributed by atoms with Crippen molar-refractivity contribution < 1.29 is 9.53 Å². The second kappa shape index (κ2) is 5.11. The Balaban J connectivity index is 1.76. The lowest BCUT2D eigenvalue weighted by atomic mass is 9.89. The van der Waals surface area contributed by atoms with Gasteiger partial charge in [-0.05, 0) is 32.1 Å². The van der Waals surface area contributed by atoms with E-state index < -0.39 is 0 Å². The largest absolute Gasteiger partial charge is 0.375 e. The molecule has 2 heterocycles. The highest BCUT2D eigenvalue weighted by molar-refractivity contribution is 5.81. The van der Waals surface area contributed by atoms with Gasteiger partial charge in [-0.3, -0.25) is 4.79 Å². The number of carbonyl (C=O) groups excluding carboxylic acids is 1. The minimum absolute atomic E-state index is 0.327. The van der Waals surface area contributed by atoms with Crippen LogP contribution in [-0.4, -0.2) is 18.0 Å². The summed E-state index contributed by atoms with van der Waals surface area (Å²) in [5.74, 6) is 0.830. The first-order chi connectivity index (χ1) is 7.29. The van der Waals surface area contributed by atoms with Crippen LogP contribution in [0.2, 0.25) is 0 Å². The summed E-state index contributed by atoms with van der Waals surface area (Å²) in [5.41, 5.74) is 0. The van der Waals surface area contributed by atoms with Crippen molar-refractivity contribution in [3.8, 4) is 0 Å². The van der Waals surface area contributed by atoms with Crippen LogP contribution in [0.1, 0.15) is 58.3 Å². The third-order valence-electron chi connectivity index (χ3n) is 3.77. The van der Waals surface area contributed by atoms with Gasteiger partial charge in [-0.15, -0.1) is 0 Å². The molecular weight excluding hydrogens is 188 g/mol. The SMILES string of the molecule is CCCCCC(=O)C1CC2CCC(C1)O2. The highest BCUT2D eigenvalue weighted by Gasteiger charge is 2.37. The molecular formula is C13H22O2. The van der Waals surface area contributed by atoms with Gasteiger partial charge >= 0.3 is 0 Å². The summed E-state index contributed by atoms with van der Waals surface area (Å²) < 4.78 is 5.75. The summed E-state index contributed by atoms with van der Waals surface area (Å²) in [6.45, 7) is 2.18. The number of fused-ring (bicyclic) bond motifs is 2. The smallest absolute Gasteiger partial charge is 0.136 e. The maximum absolute atomic E-state index is 11.9. The van der Waals surface area contributed by atoms with Gasteiger partial charge in [-0.1, -0.05) is 19.8 Å². The first-order valence-corrected chi connectivity index (χ1v) is 6.47. The van der Waals surface area contributed by atoms with E-state index in [2.05, 4.69) is 6.92 Å². The summed E-state index contributed by atoms with van der Waals surface area (Å²) in [4.78, 5) is 11.9. The highest BCUT2D eigenvalue weighted by atomic mass is 16.5. The molecule has 2 saturated heterocycles. The van der Waals surface area contributed by atoms with Crippen molar-refractivity contribution in [2.24, 2.45) is 5.92 Å². The average Bonchev–Trinajstić information content (AvgIpc) is 2.58. The van der Waals surface area contributed by atoms with E-state index in [1.54, 1.807) is 0 Å². The predicted octanol–water partition coefficient (Wildman–Crippen LogP) is 3.09. The maximum atomic E-state index is 11.9. The van der Waals surface area contributed by atoms with Crippen LogP contribution in [0.15, 0.2) is 0 Å². The summed E-state index contributed by atoms with van der Waals surface area (Å²) >= 11 is 0. The molecule has 2 rings (SSSR count). The molecule has 0 aromatic heterocycles. The minimum Gasteiger partial charge on any atom is -0.375 e. The van der Waals surface area contributed by atoms with Gasteiger partial charge in [-0.2, -0.15) is 0 Å². The van der Waals surface area contributed by atoms with E-state index in [0.29, 0.717) is 23.9 Å². The van der Waals surface area contributed by atoms with Gasteiger partial charge in [0.05, 0.1) is 12.2 Å². The summed E-state index contributed by atoms with van der Waals surface area (Å²) in [7, 11) is 0. The zero-order chi connectivity index (χ0) is 10.7. The zero-order valence-corrected chi connectivity index (χ0v) is 9.71. The number of Topliss-reactive ketones (excluding diaryl/α,β-unsaturated/α-hetero) is 1. The van der Waals surface area contributed by atoms with Gasteiger partial charge in [0.25, 0.3) is 0 Å². The predicted molar refractivity (Wildman–Crippen MR) is 59.8 cm³/mol. The third kappa shape index (κ3) is 2.81. The number of rotatable bonds is 5. The molecule has 2 unspecified atom stereocenters. The molecule has 2 heteroatoms. The summed E-state index contributed by atoms with van der Waals surface area (Å²) in [6, 6.07) is 0. The van der Waals surface area contributed by atoms with Crippen LogP contribution in [0.3, 0.4) is 0 Å². The summed E-state index contributed by atoms with van der Waals surface area (Å²) in [5, 5.41) is 0. The van der Waals surface area contributed by atoms with Crippen molar-refractivity contribution in [3.05, 3.63) is 0 Å². The molecule has 2 nitrogen and oxygen atoms in total. The number of carbonyl (C=O) groups is 1. The van der Waals surface area contributed by atoms with E-state index in [9.17, 15) is 4.79 Å². The third-order valence-corrected chi connectivity index (χ3v) is 3.77. The molecule has 2 fully saturated rings. The standard InChI is InChI=1S/C13H22O2/c1-2-3-4-5-13(14)10-8-11-6-7-12(9-10)15-11/h10-12H,2-9H2,1H3. The van der Waals surface area contributed by atoms with E-state index in [4.69, 9.17) is 4.74 Å². The van der Waals surface area contributed by atoms with E-state index >= 15 is 0 Å². The second-order valence-corrected chi connectivity index (χ2v) is 5.05. The van der Waals surface area contributed by atoms with Crippen LogP contribution in [0.5, 0.6) is 0 Å². The van der Waals surface area contributed by atoms with Crippen LogP contribution >= 0.6 is 0 Å². The first-order valence-electron chi connectivity index (χ1n) is 6.47. The van der Waals surface area contributed by atoms with Crippen LogP contribution < -0.4 is 0 Å². The van der Waals surface area contributed by atoms with Crippen molar-refractivity contribution in [1.29, 1.82) is 0 Å². The molecule has 0 saturated carbocycles. The molecule has 0 aliphatic carbocycles. The Kier molecular flexibility index (Phi) is 3.79. The molecule has 0 radical (unpaired) electrons. The molecule has 2 aliphatic heterocycles. The average molecular weight is 210 g/mol. The second-order valence-electron chi connectivity index (χ2n) is 5.05. The van der Waals surface area contributed by atoms with Crippen molar-refractivity contribution in [3.63, 3.8) is 0 Å². The van der Waals surface area contributed by atoms with E-state index in [1.165, 1.54) is 25.7 Å². The normalized spacial score (nSPS) is 34.3. The molecule has 2 bridgehead atoms. The number of ether oxygens (including phenoxy) is 1. The molecule has 86 valence electrons. The van der Waals surface area contributed by atoms with Gasteiger partial charge in [0.2, 0.25) is 0 Å². The van der Waals surface area contributed by atoms with Crippen molar-refractivity contribution in [1.82, 2.24) is 0 Å². The Morgan fingerprint density at radius 2 is 1.87 bits per heavy atom. The van der Waals surface area contributed by atoms with E-state index in [-0.39, 0.29) is 0 Å². The zero-order valence-electron chi connectivity index (χ0n) is 9.71. The van der Waals surface area contributed by atoms with Gasteiger partial charge in [-0.25, -0.2) is 0 Å². The van der Waals surface area contributed by atoms with Crippen LogP contribution in [0.25, 0.3) is 0 Å². The van der Waals surface area contributed by atoms with Gasteiger partial charge in [0.15, 0.2) is 0 Å². The Morgan fingerprint density at radius 1 is 1.20 bits per heavy atom. The lowest BCUT2D eigenvalue weighted by Gasteiger charge is -2.27. The number of ketones is 1. The summed E-state index contributed by atoms with van der Waals surface area (Å²) in [6.07, 6.45) is 9.47. The lowest BCUT2D eigenvalue weighted by Crippen LogP contribution is -2.29. The van der Waals surface area contributed by atoms with Gasteiger partial charge in [0, 0.05) is 12.3 Å². The monoisotopic (exact) mass is 210 g/mol. The van der Waals surface area contributed by atoms with Crippen LogP contribution in [0, 0.1) is 5.92 Å². The van der Waals surface area contributed by atoms with E-state index in [1.807, 2.05) is 0 Å². The topological polar surface area (TPSA) is 26.3 Å². The van der Waals surface area contributed by atoms with Gasteiger partial charge < -0.3 is 4.74 Å². The number of hydrogen-bond acceptors (Lipinski definition) is 2. The van der Waals surface area contributed by atoms with Gasteiger partial charge in [0.1, 0.15) is 5.78 Å². The highest BCUT2D eigenvalue weighted by Crippen LogP contribution is 2.36. The molecule has 0 aromatic carbocycles. The maximum Gasteiger partial charge on any atom is 0.136 e. The quantitative estimate of drug-likeness (QED) is 0.652. The molecule has 2 atom stereocenters. The first kappa shape index (κ1) is 11.1. The molecule has 0 aromatic rings. The Hall–Kier alpha value is -0.370. The van der Waals surface area contributed by atoms with Crippen LogP contribution in [-0.2, 0) is 9.53 Å². The van der Waals surface area contributed by atoms with Crippen molar-refractivity contribution in [2.45, 2.75) is 70.5 Å². The fourth-order valence-electron chi connectivity index (χ4n) is 2.87. The fourth-order valence-corrected chi connectivity index (χ4v) is 2.87. The Bertz CT molecular complexity index is 213. The van der Waals surface area contributed by atoms with Crippen molar-refractivity contribution in [2.75, 3.05) is 0 Å². The fraction of sp³-hybridized carbons (Fsp3) is 0.923. The number of hydrogen-bond donors (Lipinski definition) is 0. The van der Waals surface area contributed by atoms with Crippen LogP contribution in [0.4, 0.5) is 0 Å².